The number of thiazole rings is 1. The number of piperazine rings is 1. The van der Waals surface area contributed by atoms with Crippen LogP contribution in [0.2, 0.25) is 0 Å². The monoisotopic (exact) mass is 346 g/mol. The maximum absolute atomic E-state index is 12.8. The summed E-state index contributed by atoms with van der Waals surface area (Å²) in [4.78, 5) is 32.9. The van der Waals surface area contributed by atoms with Crippen LogP contribution in [0, 0.1) is 0 Å². The van der Waals surface area contributed by atoms with Gasteiger partial charge in [0.1, 0.15) is 0 Å². The maximum atomic E-state index is 12.8. The van der Waals surface area contributed by atoms with E-state index in [2.05, 4.69) is 15.2 Å². The van der Waals surface area contributed by atoms with Crippen molar-refractivity contribution in [2.45, 2.75) is 19.9 Å². The van der Waals surface area contributed by atoms with Crippen LogP contribution in [0.4, 0.5) is 0 Å². The van der Waals surface area contributed by atoms with E-state index in [1.54, 1.807) is 5.51 Å². The highest BCUT2D eigenvalue weighted by atomic mass is 32.1. The molecular weight excluding hydrogens is 324 g/mol. The molecule has 1 N–H and O–H groups in total. The Bertz CT molecular complexity index is 735. The van der Waals surface area contributed by atoms with Crippen LogP contribution in [-0.2, 0) is 4.79 Å². The fourth-order valence-electron chi connectivity index (χ4n) is 2.90. The number of nitrogens with zero attached hydrogens (tertiary/aromatic N) is 3. The van der Waals surface area contributed by atoms with Crippen LogP contribution in [0.15, 0.2) is 23.7 Å². The van der Waals surface area contributed by atoms with Gasteiger partial charge in [0.25, 0.3) is 5.91 Å². The van der Waals surface area contributed by atoms with Crippen LogP contribution in [-0.4, -0.2) is 65.4 Å². The van der Waals surface area contributed by atoms with E-state index in [0.29, 0.717) is 19.6 Å². The molecule has 1 aromatic carbocycles. The lowest BCUT2D eigenvalue weighted by Crippen LogP contribution is -2.51. The van der Waals surface area contributed by atoms with Gasteiger partial charge in [0.15, 0.2) is 0 Å². The second-order valence-corrected chi connectivity index (χ2v) is 7.15. The van der Waals surface area contributed by atoms with Gasteiger partial charge in [-0.1, -0.05) is 6.07 Å². The normalized spacial score (nSPS) is 15.9. The summed E-state index contributed by atoms with van der Waals surface area (Å²) in [5, 5.41) is 2.90. The summed E-state index contributed by atoms with van der Waals surface area (Å²) in [5.41, 5.74) is 3.36. The Morgan fingerprint density at radius 3 is 2.71 bits per heavy atom. The Labute approximate surface area is 145 Å². The van der Waals surface area contributed by atoms with Gasteiger partial charge in [-0.2, -0.15) is 0 Å². The van der Waals surface area contributed by atoms with Gasteiger partial charge in [0.2, 0.25) is 5.91 Å². The van der Waals surface area contributed by atoms with Gasteiger partial charge in [0.05, 0.1) is 27.8 Å². The van der Waals surface area contributed by atoms with Crippen LogP contribution >= 0.6 is 11.3 Å². The lowest BCUT2D eigenvalue weighted by molar-refractivity contribution is -0.123. The molecule has 0 bridgehead atoms. The maximum Gasteiger partial charge on any atom is 0.255 e. The zero-order valence-corrected chi connectivity index (χ0v) is 14.8. The third-order valence-corrected chi connectivity index (χ3v) is 4.94. The van der Waals surface area contributed by atoms with Crippen molar-refractivity contribution in [2.24, 2.45) is 0 Å². The number of carbonyl (C=O) groups is 2. The highest BCUT2D eigenvalue weighted by molar-refractivity contribution is 7.17. The van der Waals surface area contributed by atoms with E-state index in [1.165, 1.54) is 11.3 Å². The van der Waals surface area contributed by atoms with Gasteiger partial charge in [-0.15, -0.1) is 11.3 Å². The number of benzene rings is 1. The molecule has 1 saturated heterocycles. The van der Waals surface area contributed by atoms with Crippen LogP contribution < -0.4 is 5.32 Å². The van der Waals surface area contributed by atoms with E-state index in [-0.39, 0.29) is 17.9 Å². The van der Waals surface area contributed by atoms with E-state index in [9.17, 15) is 9.59 Å². The van der Waals surface area contributed by atoms with E-state index in [4.69, 9.17) is 0 Å². The molecule has 2 heterocycles. The van der Waals surface area contributed by atoms with Crippen LogP contribution in [0.25, 0.3) is 10.2 Å². The van der Waals surface area contributed by atoms with Crippen molar-refractivity contribution in [1.82, 2.24) is 20.1 Å². The molecule has 24 heavy (non-hydrogen) atoms. The minimum absolute atomic E-state index is 0.0409. The first-order valence-corrected chi connectivity index (χ1v) is 9.06. The quantitative estimate of drug-likeness (QED) is 0.913. The molecule has 1 aliphatic rings. The molecule has 0 radical (unpaired) electrons. The Morgan fingerprint density at radius 1 is 1.25 bits per heavy atom. The first kappa shape index (κ1) is 16.9. The molecule has 128 valence electrons. The molecule has 3 rings (SSSR count). The average molecular weight is 346 g/mol. The second kappa shape index (κ2) is 7.27. The van der Waals surface area contributed by atoms with Crippen molar-refractivity contribution < 1.29 is 9.59 Å². The van der Waals surface area contributed by atoms with Crippen LogP contribution in [0.1, 0.15) is 24.2 Å². The Balaban J connectivity index is 1.59. The van der Waals surface area contributed by atoms with Crippen molar-refractivity contribution in [3.63, 3.8) is 0 Å². The van der Waals surface area contributed by atoms with E-state index < -0.39 is 0 Å². The highest BCUT2D eigenvalue weighted by Gasteiger charge is 2.24. The number of aromatic nitrogens is 1. The van der Waals surface area contributed by atoms with Crippen molar-refractivity contribution in [3.05, 3.63) is 29.3 Å². The van der Waals surface area contributed by atoms with Gasteiger partial charge in [-0.3, -0.25) is 14.5 Å². The Hall–Kier alpha value is -1.99. The van der Waals surface area contributed by atoms with Crippen molar-refractivity contribution in [2.75, 3.05) is 32.7 Å². The number of fused-ring (bicyclic) bond motifs is 1. The zero-order valence-electron chi connectivity index (χ0n) is 14.0. The largest absolute Gasteiger partial charge is 0.353 e. The molecule has 2 amide bonds. The average Bonchev–Trinajstić information content (AvgIpc) is 3.02. The number of nitrogens with one attached hydrogen (secondary N) is 1. The molecule has 1 fully saturated rings. The zero-order chi connectivity index (χ0) is 17.1. The predicted octanol–water partition coefficient (Wildman–Crippen LogP) is 1.58. The van der Waals surface area contributed by atoms with Crippen LogP contribution in [0.5, 0.6) is 0 Å². The molecular formula is C17H22N4O2S. The summed E-state index contributed by atoms with van der Waals surface area (Å²) in [6.45, 7) is 7.02. The fourth-order valence-corrected chi connectivity index (χ4v) is 3.70. The molecule has 7 heteroatoms. The number of amides is 2. The third kappa shape index (κ3) is 3.73. The number of hydrogen-bond donors (Lipinski definition) is 1. The molecule has 0 unspecified atom stereocenters. The number of rotatable bonds is 4. The third-order valence-electron chi connectivity index (χ3n) is 4.06. The topological polar surface area (TPSA) is 65.5 Å². The fraction of sp³-hybridized carbons (Fsp3) is 0.471. The second-order valence-electron chi connectivity index (χ2n) is 6.30. The summed E-state index contributed by atoms with van der Waals surface area (Å²) in [6, 6.07) is 5.82. The molecule has 6 nitrogen and oxygen atoms in total. The predicted molar refractivity (Wildman–Crippen MR) is 95.2 cm³/mol. The van der Waals surface area contributed by atoms with Gasteiger partial charge >= 0.3 is 0 Å². The van der Waals surface area contributed by atoms with Gasteiger partial charge in [-0.05, 0) is 26.0 Å². The molecule has 0 atom stereocenters. The lowest BCUT2D eigenvalue weighted by Gasteiger charge is -2.34. The number of carbonyl (C=O) groups excluding carboxylic acids is 2. The summed E-state index contributed by atoms with van der Waals surface area (Å²) in [5.74, 6) is 0.0929. The van der Waals surface area contributed by atoms with E-state index in [0.717, 1.165) is 28.9 Å². The SMILES string of the molecule is CC(C)NC(=O)CN1CCN(C(=O)c2cccc3ncsc23)CC1. The van der Waals surface area contributed by atoms with Gasteiger partial charge in [-0.25, -0.2) is 4.98 Å². The summed E-state index contributed by atoms with van der Waals surface area (Å²) >= 11 is 1.50. The minimum atomic E-state index is 0.0409. The molecule has 1 aliphatic heterocycles. The molecule has 2 aromatic rings. The summed E-state index contributed by atoms with van der Waals surface area (Å²) in [6.07, 6.45) is 0. The Morgan fingerprint density at radius 2 is 2.00 bits per heavy atom. The Kier molecular flexibility index (Phi) is 5.11. The first-order valence-electron chi connectivity index (χ1n) is 8.18. The lowest BCUT2D eigenvalue weighted by atomic mass is 10.1. The molecule has 0 aliphatic carbocycles. The van der Waals surface area contributed by atoms with Crippen LogP contribution in [0.3, 0.4) is 0 Å². The number of hydrogen-bond acceptors (Lipinski definition) is 5. The molecule has 1 aromatic heterocycles. The van der Waals surface area contributed by atoms with E-state index >= 15 is 0 Å². The van der Waals surface area contributed by atoms with Gasteiger partial charge in [0, 0.05) is 32.2 Å². The summed E-state index contributed by atoms with van der Waals surface area (Å²) < 4.78 is 0.946. The smallest absolute Gasteiger partial charge is 0.255 e. The first-order chi connectivity index (χ1) is 11.5. The minimum Gasteiger partial charge on any atom is -0.353 e. The van der Waals surface area contributed by atoms with Crippen molar-refractivity contribution in [3.8, 4) is 0 Å². The molecule has 0 saturated carbocycles. The molecule has 0 spiro atoms. The summed E-state index contributed by atoms with van der Waals surface area (Å²) in [7, 11) is 0. The van der Waals surface area contributed by atoms with Gasteiger partial charge < -0.3 is 10.2 Å². The standard InChI is InChI=1S/C17H22N4O2S/c1-12(2)19-15(22)10-20-6-8-21(9-7-20)17(23)13-4-3-5-14-16(13)24-11-18-14/h3-5,11-12H,6-10H2,1-2H3,(H,19,22). The van der Waals surface area contributed by atoms with E-state index in [1.807, 2.05) is 36.9 Å². The highest BCUT2D eigenvalue weighted by Crippen LogP contribution is 2.23. The van der Waals surface area contributed by atoms with Crippen molar-refractivity contribution >= 4 is 33.4 Å². The van der Waals surface area contributed by atoms with Crippen molar-refractivity contribution in [1.29, 1.82) is 0 Å².